The zero-order valence-electron chi connectivity index (χ0n) is 10.9. The molecule has 2 amide bonds. The lowest BCUT2D eigenvalue weighted by Gasteiger charge is -2.34. The molecule has 0 aromatic carbocycles. The van der Waals surface area contributed by atoms with E-state index in [0.29, 0.717) is 0 Å². The van der Waals surface area contributed by atoms with Gasteiger partial charge >= 0.3 is 18.2 Å². The van der Waals surface area contributed by atoms with Crippen molar-refractivity contribution in [3.05, 3.63) is 0 Å². The lowest BCUT2D eigenvalue weighted by molar-refractivity contribution is -0.138. The first-order valence-electron chi connectivity index (χ1n) is 6.03. The molecule has 0 bridgehead atoms. The number of nitrogens with one attached hydrogen (secondary N) is 1. The third kappa shape index (κ3) is 6.19. The number of carbonyl (C=O) groups excluding carboxylic acids is 1. The number of hydrogen-bond donors (Lipinski definition) is 2. The van der Waals surface area contributed by atoms with Crippen LogP contribution in [-0.2, 0) is 14.6 Å². The van der Waals surface area contributed by atoms with Crippen LogP contribution in [-0.4, -0.2) is 67.2 Å². The van der Waals surface area contributed by atoms with Gasteiger partial charge in [0.15, 0.2) is 9.84 Å². The van der Waals surface area contributed by atoms with Crippen LogP contribution in [0.1, 0.15) is 12.8 Å². The fourth-order valence-corrected chi connectivity index (χ4v) is 3.46. The number of carboxylic acid groups (broad SMARTS) is 1. The van der Waals surface area contributed by atoms with Gasteiger partial charge in [0, 0.05) is 13.1 Å². The van der Waals surface area contributed by atoms with Gasteiger partial charge in [-0.15, -0.1) is 0 Å². The molecule has 1 fully saturated rings. The number of carboxylic acids is 1. The predicted molar refractivity (Wildman–Crippen MR) is 65.5 cm³/mol. The van der Waals surface area contributed by atoms with Crippen molar-refractivity contribution in [2.24, 2.45) is 0 Å². The molecule has 122 valence electrons. The summed E-state index contributed by atoms with van der Waals surface area (Å²) in [5.41, 5.74) is 0. The zero-order chi connectivity index (χ0) is 16.3. The Balaban J connectivity index is 2.65. The summed E-state index contributed by atoms with van der Waals surface area (Å²) < 4.78 is 58.8. The van der Waals surface area contributed by atoms with Crippen LogP contribution in [0.5, 0.6) is 0 Å². The second-order valence-corrected chi connectivity index (χ2v) is 6.89. The van der Waals surface area contributed by atoms with Crippen molar-refractivity contribution in [1.29, 1.82) is 0 Å². The molecule has 1 unspecified atom stereocenters. The topological polar surface area (TPSA) is 104 Å². The Morgan fingerprint density at radius 2 is 1.95 bits per heavy atom. The first kappa shape index (κ1) is 17.5. The highest BCUT2D eigenvalue weighted by Crippen LogP contribution is 2.19. The highest BCUT2D eigenvalue weighted by Gasteiger charge is 2.35. The zero-order valence-corrected chi connectivity index (χ0v) is 11.7. The summed E-state index contributed by atoms with van der Waals surface area (Å²) in [5.74, 6) is -2.13. The van der Waals surface area contributed by atoms with Crippen LogP contribution in [0.4, 0.5) is 18.0 Å². The first-order valence-corrected chi connectivity index (χ1v) is 7.86. The fourth-order valence-electron chi connectivity index (χ4n) is 1.94. The van der Waals surface area contributed by atoms with E-state index in [1.165, 1.54) is 0 Å². The summed E-state index contributed by atoms with van der Waals surface area (Å²) in [5, 5.41) is 10.7. The van der Waals surface area contributed by atoms with Gasteiger partial charge in [0.2, 0.25) is 0 Å². The average Bonchev–Trinajstić information content (AvgIpc) is 2.24. The Bertz CT molecular complexity index is 505. The normalized spacial score (nSPS) is 21.9. The van der Waals surface area contributed by atoms with E-state index in [0.717, 1.165) is 4.90 Å². The number of sulfone groups is 1. The van der Waals surface area contributed by atoms with Crippen LogP contribution in [0.3, 0.4) is 0 Å². The lowest BCUT2D eigenvalue weighted by Crippen LogP contribution is -2.55. The number of aliphatic carboxylic acids is 1. The number of alkyl halides is 3. The molecule has 0 saturated carbocycles. The van der Waals surface area contributed by atoms with Crippen molar-refractivity contribution in [3.8, 4) is 0 Å². The predicted octanol–water partition coefficient (Wildman–Crippen LogP) is 0.222. The fraction of sp³-hybridized carbons (Fsp3) is 0.800. The van der Waals surface area contributed by atoms with Crippen LogP contribution < -0.4 is 5.32 Å². The van der Waals surface area contributed by atoms with Gasteiger partial charge in [0.05, 0.1) is 30.4 Å². The van der Waals surface area contributed by atoms with Crippen LogP contribution in [0.15, 0.2) is 0 Å². The van der Waals surface area contributed by atoms with Gasteiger partial charge in [-0.2, -0.15) is 13.2 Å². The maximum absolute atomic E-state index is 12.0. The van der Waals surface area contributed by atoms with E-state index in [-0.39, 0.29) is 12.3 Å². The van der Waals surface area contributed by atoms with E-state index in [1.54, 1.807) is 0 Å². The SMILES string of the molecule is O=C(O)CC1CS(=O)(=O)CCN1C(=O)NCCC(F)(F)F. The number of rotatable bonds is 4. The minimum atomic E-state index is -4.42. The van der Waals surface area contributed by atoms with Gasteiger partial charge in [-0.1, -0.05) is 0 Å². The molecule has 2 N–H and O–H groups in total. The number of hydrogen-bond acceptors (Lipinski definition) is 4. The van der Waals surface area contributed by atoms with Gasteiger partial charge in [0.25, 0.3) is 0 Å². The summed E-state index contributed by atoms with van der Waals surface area (Å²) in [6.07, 6.45) is -6.21. The van der Waals surface area contributed by atoms with Gasteiger partial charge in [-0.3, -0.25) is 4.79 Å². The van der Waals surface area contributed by atoms with Crippen molar-refractivity contribution in [2.75, 3.05) is 24.6 Å². The van der Waals surface area contributed by atoms with Gasteiger partial charge < -0.3 is 15.3 Å². The minimum Gasteiger partial charge on any atom is -0.481 e. The van der Waals surface area contributed by atoms with Crippen molar-refractivity contribution < 1.29 is 36.3 Å². The number of nitrogens with zero attached hydrogens (tertiary/aromatic N) is 1. The largest absolute Gasteiger partial charge is 0.481 e. The molecule has 21 heavy (non-hydrogen) atoms. The molecule has 7 nitrogen and oxygen atoms in total. The maximum atomic E-state index is 12.0. The van der Waals surface area contributed by atoms with E-state index < -0.39 is 59.2 Å². The van der Waals surface area contributed by atoms with E-state index in [2.05, 4.69) is 0 Å². The van der Waals surface area contributed by atoms with E-state index in [9.17, 15) is 31.2 Å². The Hall–Kier alpha value is -1.52. The van der Waals surface area contributed by atoms with Gasteiger partial charge in [-0.05, 0) is 0 Å². The second-order valence-electron chi connectivity index (χ2n) is 4.66. The molecule has 0 radical (unpaired) electrons. The minimum absolute atomic E-state index is 0.238. The molecule has 0 aromatic heterocycles. The maximum Gasteiger partial charge on any atom is 0.390 e. The summed E-state index contributed by atoms with van der Waals surface area (Å²) in [4.78, 5) is 23.4. The molecule has 1 saturated heterocycles. The molecule has 1 atom stereocenters. The van der Waals surface area contributed by atoms with Crippen molar-refractivity contribution in [3.63, 3.8) is 0 Å². The molecule has 1 aliphatic heterocycles. The molecule has 1 rings (SSSR count). The second kappa shape index (κ2) is 6.50. The molecule has 11 heteroatoms. The molecule has 1 heterocycles. The molecule has 0 spiro atoms. The summed E-state index contributed by atoms with van der Waals surface area (Å²) in [6, 6.07) is -1.97. The van der Waals surface area contributed by atoms with Gasteiger partial charge in [-0.25, -0.2) is 13.2 Å². The molecule has 1 aliphatic rings. The lowest BCUT2D eigenvalue weighted by atomic mass is 10.2. The molecule has 0 aliphatic carbocycles. The van der Waals surface area contributed by atoms with E-state index in [4.69, 9.17) is 5.11 Å². The third-order valence-corrected chi connectivity index (χ3v) is 4.58. The van der Waals surface area contributed by atoms with Gasteiger partial charge in [0.1, 0.15) is 0 Å². The van der Waals surface area contributed by atoms with Crippen molar-refractivity contribution in [1.82, 2.24) is 10.2 Å². The Morgan fingerprint density at radius 3 is 2.48 bits per heavy atom. The molecular weight excluding hydrogens is 317 g/mol. The summed E-state index contributed by atoms with van der Waals surface area (Å²) in [6.45, 7) is -0.885. The number of urea groups is 1. The highest BCUT2D eigenvalue weighted by molar-refractivity contribution is 7.91. The van der Waals surface area contributed by atoms with Crippen LogP contribution >= 0.6 is 0 Å². The monoisotopic (exact) mass is 332 g/mol. The van der Waals surface area contributed by atoms with Crippen LogP contribution in [0.25, 0.3) is 0 Å². The standard InChI is InChI=1S/C10H15F3N2O5S/c11-10(12,13)1-2-14-9(18)15-3-4-21(19,20)6-7(15)5-8(16)17/h7H,1-6H2,(H,14,18)(H,16,17). The number of halogens is 3. The Morgan fingerprint density at radius 1 is 1.33 bits per heavy atom. The van der Waals surface area contributed by atoms with Crippen LogP contribution in [0, 0.1) is 0 Å². The molecule has 0 aromatic rings. The van der Waals surface area contributed by atoms with Crippen molar-refractivity contribution >= 4 is 21.8 Å². The third-order valence-electron chi connectivity index (χ3n) is 2.89. The average molecular weight is 332 g/mol. The molecular formula is C10H15F3N2O5S. The van der Waals surface area contributed by atoms with E-state index in [1.807, 2.05) is 5.32 Å². The smallest absolute Gasteiger partial charge is 0.390 e. The first-order chi connectivity index (χ1) is 9.50. The summed E-state index contributed by atoms with van der Waals surface area (Å²) >= 11 is 0. The van der Waals surface area contributed by atoms with Crippen molar-refractivity contribution in [2.45, 2.75) is 25.1 Å². The Labute approximate surface area is 119 Å². The Kier molecular flexibility index (Phi) is 5.42. The van der Waals surface area contributed by atoms with E-state index >= 15 is 0 Å². The summed E-state index contributed by atoms with van der Waals surface area (Å²) in [7, 11) is -3.45. The highest BCUT2D eigenvalue weighted by atomic mass is 32.2. The number of carbonyl (C=O) groups is 2. The van der Waals surface area contributed by atoms with Crippen LogP contribution in [0.2, 0.25) is 0 Å². The number of amides is 2. The quantitative estimate of drug-likeness (QED) is 0.766.